The second-order valence-corrected chi connectivity index (χ2v) is 9.93. The van der Waals surface area contributed by atoms with E-state index in [1.165, 1.54) is 0 Å². The van der Waals surface area contributed by atoms with Gasteiger partial charge in [0.2, 0.25) is 11.8 Å². The summed E-state index contributed by atoms with van der Waals surface area (Å²) >= 11 is 0. The molecule has 194 valence electrons. The average Bonchev–Trinajstić information content (AvgIpc) is 3.18. The van der Waals surface area contributed by atoms with Gasteiger partial charge in [-0.15, -0.1) is 0 Å². The molecular weight excluding hydrogens is 466 g/mol. The van der Waals surface area contributed by atoms with Crippen LogP contribution in [0.25, 0.3) is 10.8 Å². The van der Waals surface area contributed by atoms with Gasteiger partial charge in [-0.25, -0.2) is 0 Å². The SMILES string of the molecule is COc1cccc(CN(C(=O)CCCN2C(=O)c3cccc4cccc2c34)[C@@H](C)C(=O)NCC(C)C)c1. The zero-order chi connectivity index (χ0) is 26.5. The lowest BCUT2D eigenvalue weighted by atomic mass is 10.1. The summed E-state index contributed by atoms with van der Waals surface area (Å²) in [6.07, 6.45) is 0.714. The summed E-state index contributed by atoms with van der Waals surface area (Å²) in [7, 11) is 1.60. The van der Waals surface area contributed by atoms with Gasteiger partial charge in [0.25, 0.3) is 5.91 Å². The predicted octanol–water partition coefficient (Wildman–Crippen LogP) is 4.78. The van der Waals surface area contributed by atoms with E-state index < -0.39 is 6.04 Å². The summed E-state index contributed by atoms with van der Waals surface area (Å²) in [4.78, 5) is 42.8. The fourth-order valence-electron chi connectivity index (χ4n) is 4.74. The molecule has 7 heteroatoms. The highest BCUT2D eigenvalue weighted by molar-refractivity contribution is 6.25. The Hall–Kier alpha value is -3.87. The van der Waals surface area contributed by atoms with Crippen molar-refractivity contribution in [3.05, 3.63) is 71.8 Å². The maximum Gasteiger partial charge on any atom is 0.258 e. The molecule has 3 amide bonds. The Morgan fingerprint density at radius 2 is 1.76 bits per heavy atom. The molecule has 0 aromatic heterocycles. The van der Waals surface area contributed by atoms with Crippen molar-refractivity contribution in [2.45, 2.75) is 46.2 Å². The van der Waals surface area contributed by atoms with E-state index >= 15 is 0 Å². The minimum Gasteiger partial charge on any atom is -0.497 e. The van der Waals surface area contributed by atoms with E-state index in [9.17, 15) is 14.4 Å². The van der Waals surface area contributed by atoms with E-state index in [0.29, 0.717) is 43.3 Å². The van der Waals surface area contributed by atoms with Gasteiger partial charge in [-0.2, -0.15) is 0 Å². The summed E-state index contributed by atoms with van der Waals surface area (Å²) in [5.74, 6) is 0.668. The van der Waals surface area contributed by atoms with Crippen LogP contribution in [0, 0.1) is 5.92 Å². The number of amides is 3. The summed E-state index contributed by atoms with van der Waals surface area (Å²) in [6, 6.07) is 18.5. The van der Waals surface area contributed by atoms with Crippen molar-refractivity contribution >= 4 is 34.2 Å². The van der Waals surface area contributed by atoms with Gasteiger partial charge in [-0.1, -0.05) is 50.2 Å². The van der Waals surface area contributed by atoms with Gasteiger partial charge in [0, 0.05) is 37.0 Å². The van der Waals surface area contributed by atoms with Crippen LogP contribution in [0.15, 0.2) is 60.7 Å². The summed E-state index contributed by atoms with van der Waals surface area (Å²) < 4.78 is 5.33. The summed E-state index contributed by atoms with van der Waals surface area (Å²) in [5, 5.41) is 4.95. The lowest BCUT2D eigenvalue weighted by Gasteiger charge is -2.29. The fraction of sp³-hybridized carbons (Fsp3) is 0.367. The number of rotatable bonds is 11. The van der Waals surface area contributed by atoms with E-state index in [1.807, 2.05) is 74.5 Å². The van der Waals surface area contributed by atoms with Gasteiger partial charge < -0.3 is 19.9 Å². The third kappa shape index (κ3) is 5.77. The molecule has 1 aliphatic rings. The lowest BCUT2D eigenvalue weighted by Crippen LogP contribution is -2.48. The molecular formula is C30H35N3O4. The number of hydrogen-bond acceptors (Lipinski definition) is 4. The Bertz CT molecular complexity index is 1300. The van der Waals surface area contributed by atoms with E-state index in [2.05, 4.69) is 5.32 Å². The predicted molar refractivity (Wildman–Crippen MR) is 146 cm³/mol. The normalized spacial score (nSPS) is 13.2. The second kappa shape index (κ2) is 11.5. The highest BCUT2D eigenvalue weighted by Gasteiger charge is 2.30. The summed E-state index contributed by atoms with van der Waals surface area (Å²) in [6.45, 7) is 7.09. The first-order valence-corrected chi connectivity index (χ1v) is 12.8. The lowest BCUT2D eigenvalue weighted by molar-refractivity contribution is -0.140. The van der Waals surface area contributed by atoms with E-state index in [1.54, 1.807) is 23.8 Å². The van der Waals surface area contributed by atoms with Crippen molar-refractivity contribution in [2.24, 2.45) is 5.92 Å². The molecule has 0 spiro atoms. The maximum absolute atomic E-state index is 13.5. The van der Waals surface area contributed by atoms with Gasteiger partial charge in [-0.05, 0) is 54.5 Å². The van der Waals surface area contributed by atoms with Crippen LogP contribution in [-0.2, 0) is 16.1 Å². The number of nitrogens with zero attached hydrogens (tertiary/aromatic N) is 2. The van der Waals surface area contributed by atoms with E-state index in [0.717, 1.165) is 22.0 Å². The van der Waals surface area contributed by atoms with Crippen LogP contribution in [0.5, 0.6) is 5.75 Å². The van der Waals surface area contributed by atoms with E-state index in [4.69, 9.17) is 4.74 Å². The van der Waals surface area contributed by atoms with Gasteiger partial charge in [0.15, 0.2) is 0 Å². The zero-order valence-corrected chi connectivity index (χ0v) is 22.0. The van der Waals surface area contributed by atoms with Crippen molar-refractivity contribution < 1.29 is 19.1 Å². The number of methoxy groups -OCH3 is 1. The molecule has 0 saturated carbocycles. The molecule has 37 heavy (non-hydrogen) atoms. The zero-order valence-electron chi connectivity index (χ0n) is 22.0. The third-order valence-corrected chi connectivity index (χ3v) is 6.76. The Balaban J connectivity index is 1.46. The van der Waals surface area contributed by atoms with Gasteiger partial charge >= 0.3 is 0 Å². The topological polar surface area (TPSA) is 79.0 Å². The molecule has 3 aromatic carbocycles. The Kier molecular flexibility index (Phi) is 8.11. The van der Waals surface area contributed by atoms with Gasteiger partial charge in [0.05, 0.1) is 12.8 Å². The molecule has 1 aliphatic heterocycles. The van der Waals surface area contributed by atoms with E-state index in [-0.39, 0.29) is 24.1 Å². The number of carbonyl (C=O) groups is 3. The van der Waals surface area contributed by atoms with Crippen LogP contribution >= 0.6 is 0 Å². The van der Waals surface area contributed by atoms with Crippen molar-refractivity contribution in [3.63, 3.8) is 0 Å². The number of hydrogen-bond donors (Lipinski definition) is 1. The Labute approximate surface area is 218 Å². The van der Waals surface area contributed by atoms with Crippen molar-refractivity contribution in [1.82, 2.24) is 10.2 Å². The highest BCUT2D eigenvalue weighted by Crippen LogP contribution is 2.37. The smallest absolute Gasteiger partial charge is 0.258 e. The third-order valence-electron chi connectivity index (χ3n) is 6.76. The molecule has 4 rings (SSSR count). The number of anilines is 1. The van der Waals surface area contributed by atoms with Crippen LogP contribution in [0.1, 0.15) is 49.5 Å². The monoisotopic (exact) mass is 501 g/mol. The number of carbonyl (C=O) groups excluding carboxylic acids is 3. The van der Waals surface area contributed by atoms with Crippen LogP contribution in [0.3, 0.4) is 0 Å². The fourth-order valence-corrected chi connectivity index (χ4v) is 4.74. The first-order valence-electron chi connectivity index (χ1n) is 12.8. The first kappa shape index (κ1) is 26.2. The standard InChI is InChI=1S/C30H35N3O4/c1-20(2)18-31-29(35)21(3)33(19-22-9-5-12-24(17-22)37-4)27(34)15-8-16-32-26-14-7-11-23-10-6-13-25(28(23)26)30(32)36/h5-7,9-14,17,20-21H,8,15-16,18-19H2,1-4H3,(H,31,35)/t21-/m0/s1. The van der Waals surface area contributed by atoms with Crippen LogP contribution in [0.2, 0.25) is 0 Å². The molecule has 1 N–H and O–H groups in total. The average molecular weight is 502 g/mol. The van der Waals surface area contributed by atoms with Crippen LogP contribution in [-0.4, -0.2) is 48.9 Å². The van der Waals surface area contributed by atoms with Crippen molar-refractivity contribution in [1.29, 1.82) is 0 Å². The van der Waals surface area contributed by atoms with Gasteiger partial charge in [0.1, 0.15) is 11.8 Å². The first-order chi connectivity index (χ1) is 17.8. The molecule has 1 atom stereocenters. The van der Waals surface area contributed by atoms with Crippen LogP contribution < -0.4 is 15.0 Å². The molecule has 0 bridgehead atoms. The van der Waals surface area contributed by atoms with Gasteiger partial charge in [-0.3, -0.25) is 14.4 Å². The Morgan fingerprint density at radius 3 is 2.49 bits per heavy atom. The molecule has 0 aliphatic carbocycles. The molecule has 3 aromatic rings. The summed E-state index contributed by atoms with van der Waals surface area (Å²) in [5.41, 5.74) is 2.47. The van der Waals surface area contributed by atoms with Crippen molar-refractivity contribution in [3.8, 4) is 5.75 Å². The van der Waals surface area contributed by atoms with Crippen molar-refractivity contribution in [2.75, 3.05) is 25.1 Å². The number of benzene rings is 3. The molecule has 0 unspecified atom stereocenters. The molecule has 7 nitrogen and oxygen atoms in total. The second-order valence-electron chi connectivity index (χ2n) is 9.93. The molecule has 0 fully saturated rings. The molecule has 0 radical (unpaired) electrons. The number of nitrogens with one attached hydrogen (secondary N) is 1. The minimum atomic E-state index is -0.635. The highest BCUT2D eigenvalue weighted by atomic mass is 16.5. The largest absolute Gasteiger partial charge is 0.497 e. The van der Waals surface area contributed by atoms with Crippen LogP contribution in [0.4, 0.5) is 5.69 Å². The number of ether oxygens (including phenoxy) is 1. The molecule has 0 saturated heterocycles. The quantitative estimate of drug-likeness (QED) is 0.410. The Morgan fingerprint density at radius 1 is 1.03 bits per heavy atom. The molecule has 1 heterocycles. The minimum absolute atomic E-state index is 0.0334. The maximum atomic E-state index is 13.5.